The Morgan fingerprint density at radius 2 is 2.13 bits per heavy atom. The predicted octanol–water partition coefficient (Wildman–Crippen LogP) is 3.31. The summed E-state index contributed by atoms with van der Waals surface area (Å²) in [5.41, 5.74) is 1.11. The van der Waals surface area contributed by atoms with E-state index in [0.29, 0.717) is 12.3 Å². The molecule has 4 nitrogen and oxygen atoms in total. The molecule has 1 aliphatic rings. The highest BCUT2D eigenvalue weighted by molar-refractivity contribution is 7.99. The molecule has 0 bridgehead atoms. The minimum atomic E-state index is 0.272. The molecule has 3 rings (SSSR count). The van der Waals surface area contributed by atoms with Crippen molar-refractivity contribution < 1.29 is 4.79 Å². The molecule has 0 saturated carbocycles. The molecule has 1 fully saturated rings. The van der Waals surface area contributed by atoms with Gasteiger partial charge in [-0.1, -0.05) is 18.2 Å². The molecule has 1 aliphatic heterocycles. The number of piperidine rings is 1. The molecule has 2 heterocycles. The van der Waals surface area contributed by atoms with Crippen molar-refractivity contribution in [3.63, 3.8) is 0 Å². The summed E-state index contributed by atoms with van der Waals surface area (Å²) in [7, 11) is 1.94. The maximum atomic E-state index is 12.5. The van der Waals surface area contributed by atoms with Crippen molar-refractivity contribution in [3.05, 3.63) is 48.3 Å². The van der Waals surface area contributed by atoms with Crippen LogP contribution in [0.2, 0.25) is 0 Å². The quantitative estimate of drug-likeness (QED) is 0.790. The Morgan fingerprint density at radius 3 is 2.87 bits per heavy atom. The SMILES string of the molecule is Cn1ccc([C@@H]2CCCN(C(=O)CCSc3ccccc3)C2)n1. The molecular weight excluding hydrogens is 306 g/mol. The van der Waals surface area contributed by atoms with Crippen molar-refractivity contribution in [3.8, 4) is 0 Å². The number of carbonyl (C=O) groups excluding carboxylic acids is 1. The van der Waals surface area contributed by atoms with Gasteiger partial charge in [0.25, 0.3) is 0 Å². The molecule has 0 radical (unpaired) electrons. The summed E-state index contributed by atoms with van der Waals surface area (Å²) in [6, 6.07) is 12.3. The van der Waals surface area contributed by atoms with Crippen LogP contribution in [0.3, 0.4) is 0 Å². The number of aryl methyl sites for hydroxylation is 1. The number of aromatic nitrogens is 2. The van der Waals surface area contributed by atoms with E-state index in [-0.39, 0.29) is 5.91 Å². The van der Waals surface area contributed by atoms with Gasteiger partial charge in [-0.15, -0.1) is 11.8 Å². The monoisotopic (exact) mass is 329 g/mol. The number of hydrogen-bond acceptors (Lipinski definition) is 3. The third-order valence-electron chi connectivity index (χ3n) is 4.25. The van der Waals surface area contributed by atoms with Crippen molar-refractivity contribution in [1.82, 2.24) is 14.7 Å². The van der Waals surface area contributed by atoms with Crippen LogP contribution in [0, 0.1) is 0 Å². The maximum absolute atomic E-state index is 12.5. The van der Waals surface area contributed by atoms with Crippen LogP contribution in [0.1, 0.15) is 30.9 Å². The fraction of sp³-hybridized carbons (Fsp3) is 0.444. The van der Waals surface area contributed by atoms with Crippen molar-refractivity contribution in [2.75, 3.05) is 18.8 Å². The van der Waals surface area contributed by atoms with Crippen LogP contribution in [0.25, 0.3) is 0 Å². The first-order valence-electron chi connectivity index (χ1n) is 8.17. The lowest BCUT2D eigenvalue weighted by Gasteiger charge is -2.32. The van der Waals surface area contributed by atoms with E-state index < -0.39 is 0 Å². The van der Waals surface area contributed by atoms with E-state index in [1.54, 1.807) is 11.8 Å². The van der Waals surface area contributed by atoms with E-state index in [4.69, 9.17) is 0 Å². The topological polar surface area (TPSA) is 38.1 Å². The van der Waals surface area contributed by atoms with E-state index in [0.717, 1.165) is 37.4 Å². The minimum Gasteiger partial charge on any atom is -0.342 e. The number of hydrogen-bond donors (Lipinski definition) is 0. The molecule has 1 aromatic heterocycles. The van der Waals surface area contributed by atoms with Gasteiger partial charge in [0, 0.05) is 49.3 Å². The lowest BCUT2D eigenvalue weighted by atomic mass is 9.95. The van der Waals surface area contributed by atoms with Gasteiger partial charge in [-0.05, 0) is 31.0 Å². The predicted molar refractivity (Wildman–Crippen MR) is 93.5 cm³/mol. The van der Waals surface area contributed by atoms with E-state index in [1.165, 1.54) is 4.90 Å². The number of likely N-dealkylation sites (tertiary alicyclic amines) is 1. The Labute approximate surface area is 141 Å². The molecular formula is C18H23N3OS. The fourth-order valence-corrected chi connectivity index (χ4v) is 3.89. The summed E-state index contributed by atoms with van der Waals surface area (Å²) in [6.45, 7) is 1.70. The van der Waals surface area contributed by atoms with Gasteiger partial charge < -0.3 is 4.90 Å². The summed E-state index contributed by atoms with van der Waals surface area (Å²) in [5.74, 6) is 1.50. The molecule has 0 aliphatic carbocycles. The molecule has 0 unspecified atom stereocenters. The Kier molecular flexibility index (Phi) is 5.39. The first kappa shape index (κ1) is 16.1. The van der Waals surface area contributed by atoms with Gasteiger partial charge in [-0.3, -0.25) is 9.48 Å². The minimum absolute atomic E-state index is 0.272. The first-order chi connectivity index (χ1) is 11.2. The number of thioether (sulfide) groups is 1. The zero-order valence-electron chi connectivity index (χ0n) is 13.5. The van der Waals surface area contributed by atoms with Gasteiger partial charge in [0.2, 0.25) is 5.91 Å². The molecule has 1 saturated heterocycles. The number of carbonyl (C=O) groups is 1. The summed E-state index contributed by atoms with van der Waals surface area (Å²) < 4.78 is 1.84. The number of rotatable bonds is 5. The highest BCUT2D eigenvalue weighted by atomic mass is 32.2. The lowest BCUT2D eigenvalue weighted by Crippen LogP contribution is -2.39. The van der Waals surface area contributed by atoms with Crippen molar-refractivity contribution in [2.24, 2.45) is 7.05 Å². The Morgan fingerprint density at radius 1 is 1.30 bits per heavy atom. The molecule has 1 atom stereocenters. The second-order valence-electron chi connectivity index (χ2n) is 6.00. The van der Waals surface area contributed by atoms with Crippen LogP contribution in [0.4, 0.5) is 0 Å². The maximum Gasteiger partial charge on any atom is 0.223 e. The molecule has 1 aromatic carbocycles. The third-order valence-corrected chi connectivity index (χ3v) is 5.27. The normalized spacial score (nSPS) is 18.1. The average Bonchev–Trinajstić information content (AvgIpc) is 3.02. The highest BCUT2D eigenvalue weighted by Crippen LogP contribution is 2.26. The molecule has 5 heteroatoms. The Hall–Kier alpha value is -1.75. The molecule has 23 heavy (non-hydrogen) atoms. The van der Waals surface area contributed by atoms with Gasteiger partial charge >= 0.3 is 0 Å². The van der Waals surface area contributed by atoms with Crippen LogP contribution < -0.4 is 0 Å². The van der Waals surface area contributed by atoms with Crippen molar-refractivity contribution in [1.29, 1.82) is 0 Å². The summed E-state index contributed by atoms with van der Waals surface area (Å²) in [5, 5.41) is 4.50. The Bertz CT molecular complexity index is 641. The van der Waals surface area contributed by atoms with Gasteiger partial charge in [0.15, 0.2) is 0 Å². The summed E-state index contributed by atoms with van der Waals surface area (Å²) in [6.07, 6.45) is 4.78. The van der Waals surface area contributed by atoms with Crippen molar-refractivity contribution >= 4 is 17.7 Å². The van der Waals surface area contributed by atoms with Gasteiger partial charge in [-0.25, -0.2) is 0 Å². The zero-order valence-corrected chi connectivity index (χ0v) is 14.3. The van der Waals surface area contributed by atoms with Gasteiger partial charge in [-0.2, -0.15) is 5.10 Å². The van der Waals surface area contributed by atoms with Crippen LogP contribution in [0.15, 0.2) is 47.5 Å². The van der Waals surface area contributed by atoms with E-state index in [9.17, 15) is 4.79 Å². The molecule has 1 amide bonds. The largest absolute Gasteiger partial charge is 0.342 e. The highest BCUT2D eigenvalue weighted by Gasteiger charge is 2.25. The summed E-state index contributed by atoms with van der Waals surface area (Å²) in [4.78, 5) is 15.7. The van der Waals surface area contributed by atoms with E-state index in [2.05, 4.69) is 23.3 Å². The van der Waals surface area contributed by atoms with Crippen molar-refractivity contribution in [2.45, 2.75) is 30.1 Å². The van der Waals surface area contributed by atoms with Gasteiger partial charge in [0.1, 0.15) is 0 Å². The molecule has 0 N–H and O–H groups in total. The zero-order chi connectivity index (χ0) is 16.1. The van der Waals surface area contributed by atoms with E-state index >= 15 is 0 Å². The smallest absolute Gasteiger partial charge is 0.223 e. The number of nitrogens with zero attached hydrogens (tertiary/aromatic N) is 3. The number of amides is 1. The summed E-state index contributed by atoms with van der Waals surface area (Å²) >= 11 is 1.75. The second kappa shape index (κ2) is 7.68. The van der Waals surface area contributed by atoms with Crippen LogP contribution in [0.5, 0.6) is 0 Å². The standard InChI is InChI=1S/C18H23N3OS/c1-20-12-9-17(19-20)15-6-5-11-21(14-15)18(22)10-13-23-16-7-3-2-4-8-16/h2-4,7-9,12,15H,5-6,10-11,13-14H2,1H3/t15-/m1/s1. The third kappa shape index (κ3) is 4.38. The fourth-order valence-electron chi connectivity index (χ4n) is 3.03. The second-order valence-corrected chi connectivity index (χ2v) is 7.17. The molecule has 2 aromatic rings. The van der Waals surface area contributed by atoms with Crippen LogP contribution in [-0.4, -0.2) is 39.4 Å². The number of benzene rings is 1. The average molecular weight is 329 g/mol. The van der Waals surface area contributed by atoms with Gasteiger partial charge in [0.05, 0.1) is 5.69 Å². The molecule has 0 spiro atoms. The van der Waals surface area contributed by atoms with E-state index in [1.807, 2.05) is 41.0 Å². The lowest BCUT2D eigenvalue weighted by molar-refractivity contribution is -0.131. The Balaban J connectivity index is 1.49. The molecule has 122 valence electrons. The first-order valence-corrected chi connectivity index (χ1v) is 9.16. The van der Waals surface area contributed by atoms with Crippen LogP contribution >= 0.6 is 11.8 Å². The van der Waals surface area contributed by atoms with Crippen LogP contribution in [-0.2, 0) is 11.8 Å².